The quantitative estimate of drug-likeness (QED) is 0.803. The van der Waals surface area contributed by atoms with E-state index in [4.69, 9.17) is 4.98 Å². The van der Waals surface area contributed by atoms with Crippen molar-refractivity contribution in [2.75, 3.05) is 4.90 Å². The number of phenolic OH excluding ortho intramolecular Hbond substituents is 1. The molecular weight excluding hydrogens is 296 g/mol. The highest BCUT2D eigenvalue weighted by molar-refractivity contribution is 7.22. The zero-order valence-corrected chi connectivity index (χ0v) is 13.5. The van der Waals surface area contributed by atoms with E-state index in [1.54, 1.807) is 17.4 Å². The highest BCUT2D eigenvalue weighted by Gasteiger charge is 2.31. The lowest BCUT2D eigenvalue weighted by Crippen LogP contribution is -2.24. The van der Waals surface area contributed by atoms with E-state index in [0.717, 1.165) is 28.6 Å². The van der Waals surface area contributed by atoms with Crippen molar-refractivity contribution in [3.8, 4) is 5.75 Å². The van der Waals surface area contributed by atoms with Crippen molar-refractivity contribution in [1.29, 1.82) is 0 Å². The molecule has 1 saturated carbocycles. The molecule has 1 aromatic carbocycles. The predicted octanol–water partition coefficient (Wildman–Crippen LogP) is 3.21. The first-order valence-electron chi connectivity index (χ1n) is 7.46. The van der Waals surface area contributed by atoms with Crippen molar-refractivity contribution in [1.82, 2.24) is 14.8 Å². The number of hydrogen-bond donors (Lipinski definition) is 1. The molecule has 22 heavy (non-hydrogen) atoms. The minimum atomic E-state index is 0.317. The topological polar surface area (TPSA) is 54.2 Å². The first-order chi connectivity index (χ1) is 10.6. The molecule has 2 aromatic heterocycles. The maximum absolute atomic E-state index is 9.66. The monoisotopic (exact) mass is 314 g/mol. The summed E-state index contributed by atoms with van der Waals surface area (Å²) in [5.74, 6) is 0.317. The van der Waals surface area contributed by atoms with Gasteiger partial charge in [0, 0.05) is 19.6 Å². The number of hydrogen-bond acceptors (Lipinski definition) is 5. The van der Waals surface area contributed by atoms with Gasteiger partial charge in [0.1, 0.15) is 5.75 Å². The minimum Gasteiger partial charge on any atom is -0.508 e. The molecule has 1 N–H and O–H groups in total. The summed E-state index contributed by atoms with van der Waals surface area (Å²) in [6.07, 6.45) is 2.43. The summed E-state index contributed by atoms with van der Waals surface area (Å²) in [6, 6.07) is 8.04. The Bertz CT molecular complexity index is 799. The van der Waals surface area contributed by atoms with Crippen LogP contribution in [0.2, 0.25) is 0 Å². The standard InChI is InChI=1S/C16H18N4OS/c1-10-14-15(19(2)18-10)17-16(22-14)20(12-6-7-12)9-11-4-3-5-13(21)8-11/h3-5,8,12,21H,6-7,9H2,1-2H3. The number of nitrogens with zero attached hydrogens (tertiary/aromatic N) is 4. The third-order valence-corrected chi connectivity index (χ3v) is 5.22. The van der Waals surface area contributed by atoms with Crippen molar-refractivity contribution in [3.05, 3.63) is 35.5 Å². The third-order valence-electron chi connectivity index (χ3n) is 4.03. The minimum absolute atomic E-state index is 0.317. The number of aromatic hydroxyl groups is 1. The Labute approximate surface area is 132 Å². The Hall–Kier alpha value is -2.08. The van der Waals surface area contributed by atoms with E-state index in [9.17, 15) is 5.11 Å². The maximum Gasteiger partial charge on any atom is 0.188 e. The van der Waals surface area contributed by atoms with Crippen molar-refractivity contribution in [3.63, 3.8) is 0 Å². The van der Waals surface area contributed by atoms with Crippen LogP contribution in [-0.4, -0.2) is 25.9 Å². The second kappa shape index (κ2) is 4.98. The van der Waals surface area contributed by atoms with Crippen molar-refractivity contribution < 1.29 is 5.11 Å². The molecule has 0 spiro atoms. The number of fused-ring (bicyclic) bond motifs is 1. The fraction of sp³-hybridized carbons (Fsp3) is 0.375. The average molecular weight is 314 g/mol. The summed E-state index contributed by atoms with van der Waals surface area (Å²) < 4.78 is 3.02. The van der Waals surface area contributed by atoms with Gasteiger partial charge in [-0.05, 0) is 37.5 Å². The largest absolute Gasteiger partial charge is 0.508 e. The Morgan fingerprint density at radius 3 is 2.91 bits per heavy atom. The van der Waals surface area contributed by atoms with E-state index in [1.165, 1.54) is 17.5 Å². The average Bonchev–Trinajstić information content (AvgIpc) is 3.15. The van der Waals surface area contributed by atoms with Gasteiger partial charge in [-0.25, -0.2) is 9.67 Å². The molecule has 0 aliphatic heterocycles. The molecule has 0 amide bonds. The number of anilines is 1. The first-order valence-corrected chi connectivity index (χ1v) is 8.28. The summed E-state index contributed by atoms with van der Waals surface area (Å²) in [4.78, 5) is 7.16. The van der Waals surface area contributed by atoms with Gasteiger partial charge in [0.25, 0.3) is 0 Å². The number of thiazole rings is 1. The fourth-order valence-electron chi connectivity index (χ4n) is 2.79. The summed E-state index contributed by atoms with van der Waals surface area (Å²) in [6.45, 7) is 2.81. The van der Waals surface area contributed by atoms with Crippen LogP contribution < -0.4 is 4.90 Å². The van der Waals surface area contributed by atoms with Gasteiger partial charge in [0.05, 0.1) is 10.4 Å². The normalized spacial score (nSPS) is 14.6. The molecule has 2 heterocycles. The van der Waals surface area contributed by atoms with Crippen LogP contribution in [0.4, 0.5) is 5.13 Å². The molecular formula is C16H18N4OS. The number of benzene rings is 1. The van der Waals surface area contributed by atoms with Crippen molar-refractivity contribution >= 4 is 26.8 Å². The molecule has 0 saturated heterocycles. The molecule has 4 rings (SSSR count). The molecule has 0 unspecified atom stereocenters. The third kappa shape index (κ3) is 2.33. The molecule has 1 aliphatic rings. The number of aromatic nitrogens is 3. The SMILES string of the molecule is Cc1nn(C)c2nc(N(Cc3cccc(O)c3)C3CC3)sc12. The van der Waals surface area contributed by atoms with Crippen LogP contribution in [-0.2, 0) is 13.6 Å². The Kier molecular flexibility index (Phi) is 3.07. The predicted molar refractivity (Wildman–Crippen MR) is 88.4 cm³/mol. The summed E-state index contributed by atoms with van der Waals surface area (Å²) >= 11 is 1.71. The highest BCUT2D eigenvalue weighted by Crippen LogP contribution is 2.38. The maximum atomic E-state index is 9.66. The van der Waals surface area contributed by atoms with Gasteiger partial charge >= 0.3 is 0 Å². The molecule has 0 radical (unpaired) electrons. The highest BCUT2D eigenvalue weighted by atomic mass is 32.1. The van der Waals surface area contributed by atoms with Gasteiger partial charge in [0.15, 0.2) is 10.8 Å². The van der Waals surface area contributed by atoms with Gasteiger partial charge in [-0.3, -0.25) is 0 Å². The van der Waals surface area contributed by atoms with Gasteiger partial charge < -0.3 is 10.0 Å². The van der Waals surface area contributed by atoms with Gasteiger partial charge in [0.2, 0.25) is 0 Å². The number of phenols is 1. The van der Waals surface area contributed by atoms with Crippen LogP contribution >= 0.6 is 11.3 Å². The molecule has 6 heteroatoms. The zero-order valence-electron chi connectivity index (χ0n) is 12.7. The fourth-order valence-corrected chi connectivity index (χ4v) is 3.89. The molecule has 114 valence electrons. The van der Waals surface area contributed by atoms with Crippen LogP contribution in [0, 0.1) is 6.92 Å². The molecule has 3 aromatic rings. The van der Waals surface area contributed by atoms with E-state index in [2.05, 4.69) is 16.1 Å². The summed E-state index contributed by atoms with van der Waals surface area (Å²) in [5, 5.41) is 15.1. The lowest BCUT2D eigenvalue weighted by Gasteiger charge is -2.21. The van der Waals surface area contributed by atoms with Crippen molar-refractivity contribution in [2.24, 2.45) is 7.05 Å². The molecule has 1 aliphatic carbocycles. The summed E-state index contributed by atoms with van der Waals surface area (Å²) in [5.41, 5.74) is 3.11. The molecule has 0 atom stereocenters. The molecule has 0 bridgehead atoms. The Morgan fingerprint density at radius 2 is 2.23 bits per heavy atom. The number of rotatable bonds is 4. The second-order valence-corrected chi connectivity index (χ2v) is 6.86. The zero-order chi connectivity index (χ0) is 15.3. The van der Waals surface area contributed by atoms with Gasteiger partial charge in [-0.2, -0.15) is 5.10 Å². The Balaban J connectivity index is 1.70. The van der Waals surface area contributed by atoms with E-state index in [1.807, 2.05) is 30.8 Å². The molecule has 5 nitrogen and oxygen atoms in total. The van der Waals surface area contributed by atoms with Crippen LogP contribution in [0.1, 0.15) is 24.1 Å². The van der Waals surface area contributed by atoms with E-state index < -0.39 is 0 Å². The summed E-state index contributed by atoms with van der Waals surface area (Å²) in [7, 11) is 1.94. The van der Waals surface area contributed by atoms with E-state index >= 15 is 0 Å². The van der Waals surface area contributed by atoms with Gasteiger partial charge in [-0.15, -0.1) is 0 Å². The van der Waals surface area contributed by atoms with Crippen LogP contribution in [0.5, 0.6) is 5.75 Å². The lowest BCUT2D eigenvalue weighted by molar-refractivity contribution is 0.474. The van der Waals surface area contributed by atoms with Crippen LogP contribution in [0.15, 0.2) is 24.3 Å². The smallest absolute Gasteiger partial charge is 0.188 e. The Morgan fingerprint density at radius 1 is 1.41 bits per heavy atom. The van der Waals surface area contributed by atoms with Crippen LogP contribution in [0.25, 0.3) is 10.3 Å². The lowest BCUT2D eigenvalue weighted by atomic mass is 10.2. The second-order valence-electron chi connectivity index (χ2n) is 5.89. The van der Waals surface area contributed by atoms with Crippen molar-refractivity contribution in [2.45, 2.75) is 32.4 Å². The first kappa shape index (κ1) is 13.6. The number of aryl methyl sites for hydroxylation is 2. The van der Waals surface area contributed by atoms with E-state index in [0.29, 0.717) is 11.8 Å². The van der Waals surface area contributed by atoms with Gasteiger partial charge in [-0.1, -0.05) is 23.5 Å². The van der Waals surface area contributed by atoms with Crippen LogP contribution in [0.3, 0.4) is 0 Å². The molecule has 1 fully saturated rings. The van der Waals surface area contributed by atoms with E-state index in [-0.39, 0.29) is 0 Å².